The molecule has 2 saturated heterocycles. The van der Waals surface area contributed by atoms with Gasteiger partial charge in [-0.3, -0.25) is 9.69 Å². The lowest BCUT2D eigenvalue weighted by Crippen LogP contribution is -2.62. The van der Waals surface area contributed by atoms with Crippen LogP contribution in [0.25, 0.3) is 0 Å². The minimum atomic E-state index is -3.12. The van der Waals surface area contributed by atoms with E-state index in [9.17, 15) is 13.2 Å². The van der Waals surface area contributed by atoms with Crippen LogP contribution in [0.1, 0.15) is 19.8 Å². The zero-order valence-electron chi connectivity index (χ0n) is 14.1. The molecule has 24 heavy (non-hydrogen) atoms. The Morgan fingerprint density at radius 2 is 1.83 bits per heavy atom. The average Bonchev–Trinajstić information content (AvgIpc) is 2.88. The lowest BCUT2D eigenvalue weighted by Gasteiger charge is -2.43. The number of hydrogen-bond donors (Lipinski definition) is 0. The Labute approximate surface area is 143 Å². The van der Waals surface area contributed by atoms with Gasteiger partial charge in [0.15, 0.2) is 9.84 Å². The van der Waals surface area contributed by atoms with Crippen molar-refractivity contribution in [3.05, 3.63) is 24.3 Å². The van der Waals surface area contributed by atoms with E-state index >= 15 is 0 Å². The minimum Gasteiger partial charge on any atom is -0.497 e. The number of sulfone groups is 1. The molecule has 0 aliphatic carbocycles. The Balaban J connectivity index is 1.91. The van der Waals surface area contributed by atoms with Crippen molar-refractivity contribution in [3.8, 4) is 5.75 Å². The van der Waals surface area contributed by atoms with Crippen LogP contribution in [0.15, 0.2) is 24.3 Å². The molecule has 0 bridgehead atoms. The SMILES string of the molecule is CCCCN1CC(=O)N(c2ccc(OC)cc2)C2CS(=O)(=O)CC21. The first-order valence-corrected chi connectivity index (χ1v) is 10.2. The Morgan fingerprint density at radius 3 is 2.46 bits per heavy atom. The van der Waals surface area contributed by atoms with Gasteiger partial charge in [0.25, 0.3) is 0 Å². The number of fused-ring (bicyclic) bond motifs is 1. The van der Waals surface area contributed by atoms with Crippen molar-refractivity contribution >= 4 is 21.4 Å². The number of rotatable bonds is 5. The molecule has 6 nitrogen and oxygen atoms in total. The van der Waals surface area contributed by atoms with E-state index in [4.69, 9.17) is 4.74 Å². The molecule has 1 aromatic carbocycles. The molecular formula is C17H24N2O4S. The summed E-state index contributed by atoms with van der Waals surface area (Å²) in [4.78, 5) is 16.5. The Hall–Kier alpha value is -1.60. The number of nitrogens with zero attached hydrogens (tertiary/aromatic N) is 2. The number of methoxy groups -OCH3 is 1. The Bertz CT molecular complexity index is 702. The van der Waals surface area contributed by atoms with Crippen molar-refractivity contribution in [1.82, 2.24) is 4.90 Å². The molecule has 132 valence electrons. The van der Waals surface area contributed by atoms with E-state index in [0.717, 1.165) is 25.1 Å². The van der Waals surface area contributed by atoms with E-state index in [0.29, 0.717) is 5.75 Å². The van der Waals surface area contributed by atoms with Crippen LogP contribution in [0.4, 0.5) is 5.69 Å². The van der Waals surface area contributed by atoms with Gasteiger partial charge in [0.2, 0.25) is 5.91 Å². The molecule has 2 aliphatic rings. The van der Waals surface area contributed by atoms with Gasteiger partial charge in [-0.1, -0.05) is 13.3 Å². The van der Waals surface area contributed by atoms with Crippen molar-refractivity contribution in [3.63, 3.8) is 0 Å². The number of benzene rings is 1. The second kappa shape index (κ2) is 6.72. The summed E-state index contributed by atoms with van der Waals surface area (Å²) in [7, 11) is -1.53. The van der Waals surface area contributed by atoms with Crippen molar-refractivity contribution in [2.75, 3.05) is 36.6 Å². The van der Waals surface area contributed by atoms with Gasteiger partial charge in [-0.25, -0.2) is 8.42 Å². The van der Waals surface area contributed by atoms with E-state index in [1.807, 2.05) is 12.1 Å². The fraction of sp³-hybridized carbons (Fsp3) is 0.588. The first kappa shape index (κ1) is 17.2. The highest BCUT2D eigenvalue weighted by Gasteiger charge is 2.49. The van der Waals surface area contributed by atoms with Crippen molar-refractivity contribution in [1.29, 1.82) is 0 Å². The minimum absolute atomic E-state index is 0.0328. The normalized spacial score (nSPS) is 26.4. The molecule has 0 N–H and O–H groups in total. The van der Waals surface area contributed by atoms with Crippen LogP contribution in [0.5, 0.6) is 5.75 Å². The first-order valence-electron chi connectivity index (χ1n) is 8.36. The van der Waals surface area contributed by atoms with Crippen molar-refractivity contribution in [2.24, 2.45) is 0 Å². The van der Waals surface area contributed by atoms with E-state index in [1.54, 1.807) is 24.1 Å². The predicted octanol–water partition coefficient (Wildman–Crippen LogP) is 1.31. The van der Waals surface area contributed by atoms with Crippen molar-refractivity contribution in [2.45, 2.75) is 31.8 Å². The van der Waals surface area contributed by atoms with E-state index < -0.39 is 9.84 Å². The fourth-order valence-electron chi connectivity index (χ4n) is 3.64. The smallest absolute Gasteiger partial charge is 0.241 e. The number of piperazine rings is 1. The summed E-state index contributed by atoms with van der Waals surface area (Å²) in [6, 6.07) is 6.82. The van der Waals surface area contributed by atoms with Gasteiger partial charge in [-0.15, -0.1) is 0 Å². The topological polar surface area (TPSA) is 66.9 Å². The molecule has 0 aromatic heterocycles. The molecule has 2 unspecified atom stereocenters. The predicted molar refractivity (Wildman–Crippen MR) is 93.2 cm³/mol. The molecular weight excluding hydrogens is 328 g/mol. The quantitative estimate of drug-likeness (QED) is 0.799. The lowest BCUT2D eigenvalue weighted by atomic mass is 10.0. The van der Waals surface area contributed by atoms with Crippen LogP contribution in [0, 0.1) is 0 Å². The van der Waals surface area contributed by atoms with Crippen LogP contribution in [-0.2, 0) is 14.6 Å². The van der Waals surface area contributed by atoms with Gasteiger partial charge in [-0.05, 0) is 37.2 Å². The molecule has 2 heterocycles. The summed E-state index contributed by atoms with van der Waals surface area (Å²) in [5.74, 6) is 0.859. The van der Waals surface area contributed by atoms with E-state index in [2.05, 4.69) is 11.8 Å². The van der Waals surface area contributed by atoms with E-state index in [-0.39, 0.29) is 36.0 Å². The highest BCUT2D eigenvalue weighted by molar-refractivity contribution is 7.91. The van der Waals surface area contributed by atoms with Gasteiger partial charge in [0.05, 0.1) is 31.2 Å². The number of anilines is 1. The summed E-state index contributed by atoms with van der Waals surface area (Å²) < 4.78 is 29.6. The maximum absolute atomic E-state index is 12.7. The zero-order chi connectivity index (χ0) is 17.3. The average molecular weight is 352 g/mol. The number of amides is 1. The number of carbonyl (C=O) groups excluding carboxylic acids is 1. The summed E-state index contributed by atoms with van der Waals surface area (Å²) in [5, 5.41) is 0. The van der Waals surface area contributed by atoms with Crippen molar-refractivity contribution < 1.29 is 17.9 Å². The molecule has 3 rings (SSSR count). The maximum atomic E-state index is 12.7. The zero-order valence-corrected chi connectivity index (χ0v) is 15.0. The molecule has 1 amide bonds. The third-order valence-electron chi connectivity index (χ3n) is 4.85. The summed E-state index contributed by atoms with van der Waals surface area (Å²) >= 11 is 0. The molecule has 1 aromatic rings. The standard InChI is InChI=1S/C17H24N2O4S/c1-3-4-9-18-10-17(20)19(13-5-7-14(23-2)8-6-13)16-12-24(21,22)11-15(16)18/h5-8,15-16H,3-4,9-12H2,1-2H3. The van der Waals surface area contributed by atoms with Crippen LogP contribution >= 0.6 is 0 Å². The highest BCUT2D eigenvalue weighted by atomic mass is 32.2. The Kier molecular flexibility index (Phi) is 4.83. The van der Waals surface area contributed by atoms with Gasteiger partial charge in [-0.2, -0.15) is 0 Å². The van der Waals surface area contributed by atoms with Crippen LogP contribution in [0.3, 0.4) is 0 Å². The van der Waals surface area contributed by atoms with Gasteiger partial charge in [0.1, 0.15) is 5.75 Å². The second-order valence-electron chi connectivity index (χ2n) is 6.50. The molecule has 2 atom stereocenters. The third-order valence-corrected chi connectivity index (χ3v) is 6.55. The van der Waals surface area contributed by atoms with Crippen LogP contribution < -0.4 is 9.64 Å². The first-order chi connectivity index (χ1) is 11.4. The van der Waals surface area contributed by atoms with Crippen LogP contribution in [0.2, 0.25) is 0 Å². The molecule has 0 saturated carbocycles. The monoisotopic (exact) mass is 352 g/mol. The van der Waals surface area contributed by atoms with Gasteiger partial charge < -0.3 is 9.64 Å². The molecule has 7 heteroatoms. The number of ether oxygens (including phenoxy) is 1. The number of unbranched alkanes of at least 4 members (excludes halogenated alkanes) is 1. The fourth-order valence-corrected chi connectivity index (χ4v) is 5.62. The molecule has 0 radical (unpaired) electrons. The summed E-state index contributed by atoms with van der Waals surface area (Å²) in [6.45, 7) is 3.15. The number of carbonyl (C=O) groups is 1. The lowest BCUT2D eigenvalue weighted by molar-refractivity contribution is -0.123. The van der Waals surface area contributed by atoms with Gasteiger partial charge >= 0.3 is 0 Å². The van der Waals surface area contributed by atoms with Crippen LogP contribution in [-0.4, -0.2) is 63.0 Å². The number of hydrogen-bond acceptors (Lipinski definition) is 5. The van der Waals surface area contributed by atoms with E-state index in [1.165, 1.54) is 0 Å². The highest BCUT2D eigenvalue weighted by Crippen LogP contribution is 2.32. The third kappa shape index (κ3) is 3.28. The summed E-state index contributed by atoms with van der Waals surface area (Å²) in [5.41, 5.74) is 0.739. The maximum Gasteiger partial charge on any atom is 0.241 e. The Morgan fingerprint density at radius 1 is 1.17 bits per heavy atom. The molecule has 2 aliphatic heterocycles. The van der Waals surface area contributed by atoms with Gasteiger partial charge in [0, 0.05) is 11.7 Å². The largest absolute Gasteiger partial charge is 0.497 e. The molecule has 2 fully saturated rings. The summed E-state index contributed by atoms with van der Waals surface area (Å²) in [6.07, 6.45) is 2.00. The molecule has 0 spiro atoms. The second-order valence-corrected chi connectivity index (χ2v) is 8.65.